The van der Waals surface area contributed by atoms with E-state index in [1.165, 1.54) is 4.90 Å². The van der Waals surface area contributed by atoms with E-state index in [2.05, 4.69) is 11.6 Å². The van der Waals surface area contributed by atoms with Crippen molar-refractivity contribution in [2.24, 2.45) is 0 Å². The van der Waals surface area contributed by atoms with Crippen molar-refractivity contribution in [3.8, 4) is 17.2 Å². The number of benzene rings is 2. The average molecular weight is 470 g/mol. The highest BCUT2D eigenvalue weighted by atomic mass is 16.6. The van der Waals surface area contributed by atoms with Gasteiger partial charge in [-0.15, -0.1) is 0 Å². The highest BCUT2D eigenvalue weighted by molar-refractivity contribution is 6.51. The summed E-state index contributed by atoms with van der Waals surface area (Å²) in [5.74, 6) is 0.0200. The lowest BCUT2D eigenvalue weighted by atomic mass is 9.95. The molecule has 8 heteroatoms. The van der Waals surface area contributed by atoms with E-state index in [-0.39, 0.29) is 11.3 Å². The minimum absolute atomic E-state index is 0.0444. The monoisotopic (exact) mass is 470 g/mol. The van der Waals surface area contributed by atoms with Gasteiger partial charge in [-0.1, -0.05) is 30.9 Å². The van der Waals surface area contributed by atoms with Crippen LogP contribution in [0, 0.1) is 0 Å². The van der Waals surface area contributed by atoms with E-state index >= 15 is 0 Å². The lowest BCUT2D eigenvalue weighted by Crippen LogP contribution is -2.30. The predicted octanol–water partition coefficient (Wildman–Crippen LogP) is 4.04. The number of ether oxygens (including phenoxy) is 3. The molecule has 3 aromatic rings. The molecule has 1 N–H and O–H groups in total. The quantitative estimate of drug-likeness (QED) is 0.251. The molecule has 8 nitrogen and oxygen atoms in total. The van der Waals surface area contributed by atoms with Gasteiger partial charge in [0.25, 0.3) is 5.78 Å². The van der Waals surface area contributed by atoms with Gasteiger partial charge >= 0.3 is 5.91 Å². The number of aliphatic hydroxyl groups is 1. The number of ketones is 1. The molecule has 2 aromatic carbocycles. The summed E-state index contributed by atoms with van der Waals surface area (Å²) in [5.41, 5.74) is 0.904. The molecule has 2 aliphatic heterocycles. The number of hydrogen-bond acceptors (Lipinski definition) is 7. The molecule has 1 aromatic heterocycles. The molecular weight excluding hydrogens is 448 g/mol. The summed E-state index contributed by atoms with van der Waals surface area (Å²) in [7, 11) is 0. The second-order valence-electron chi connectivity index (χ2n) is 7.88. The largest absolute Gasteiger partial charge is 0.507 e. The Morgan fingerprint density at radius 3 is 2.57 bits per heavy atom. The van der Waals surface area contributed by atoms with Crippen molar-refractivity contribution in [2.45, 2.75) is 6.04 Å². The molecule has 0 bridgehead atoms. The zero-order valence-corrected chi connectivity index (χ0v) is 18.7. The van der Waals surface area contributed by atoms with Gasteiger partial charge in [0.15, 0.2) is 11.5 Å². The Morgan fingerprint density at radius 2 is 1.86 bits per heavy atom. The molecule has 1 fully saturated rings. The summed E-state index contributed by atoms with van der Waals surface area (Å²) >= 11 is 0. The topological polar surface area (TPSA) is 98.2 Å². The fourth-order valence-corrected chi connectivity index (χ4v) is 4.13. The van der Waals surface area contributed by atoms with E-state index in [1.54, 1.807) is 72.9 Å². The van der Waals surface area contributed by atoms with E-state index < -0.39 is 17.7 Å². The third-order valence-electron chi connectivity index (χ3n) is 5.72. The SMILES string of the molecule is C=CCOc1ccc(C2C(=C(O)c3ccc4c(c3)OCCO4)C(=O)C(=O)N2c2ccccn2)cc1. The van der Waals surface area contributed by atoms with Crippen LogP contribution in [-0.4, -0.2) is 41.6 Å². The molecule has 0 radical (unpaired) electrons. The normalized spacial score (nSPS) is 18.4. The molecule has 176 valence electrons. The Kier molecular flexibility index (Phi) is 5.93. The van der Waals surface area contributed by atoms with Gasteiger partial charge in [-0.3, -0.25) is 14.5 Å². The third kappa shape index (κ3) is 4.10. The molecule has 1 unspecified atom stereocenters. The number of carbonyl (C=O) groups is 2. The number of fused-ring (bicyclic) bond motifs is 1. The maximum Gasteiger partial charge on any atom is 0.301 e. The number of aliphatic hydroxyl groups excluding tert-OH is 1. The first-order chi connectivity index (χ1) is 17.1. The Hall–Kier alpha value is -4.59. The lowest BCUT2D eigenvalue weighted by molar-refractivity contribution is -0.132. The Labute approximate surface area is 201 Å². The van der Waals surface area contributed by atoms with Gasteiger partial charge in [0.1, 0.15) is 37.1 Å². The molecule has 0 aliphatic carbocycles. The van der Waals surface area contributed by atoms with Gasteiger partial charge in [0.05, 0.1) is 11.6 Å². The summed E-state index contributed by atoms with van der Waals surface area (Å²) in [6.07, 6.45) is 3.18. The van der Waals surface area contributed by atoms with Crippen LogP contribution in [0.15, 0.2) is 85.1 Å². The fourth-order valence-electron chi connectivity index (χ4n) is 4.13. The highest BCUT2D eigenvalue weighted by Gasteiger charge is 2.47. The standard InChI is InChI=1S/C27H22N2O6/c1-2-13-33-19-9-6-17(7-10-19)24-23(26(31)27(32)29(24)22-5-3-4-12-28-22)25(30)18-8-11-20-21(16-18)35-15-14-34-20/h2-12,16,24,30H,1,13-15H2. The molecule has 35 heavy (non-hydrogen) atoms. The van der Waals surface area contributed by atoms with Gasteiger partial charge < -0.3 is 19.3 Å². The number of carbonyl (C=O) groups excluding carboxylic acids is 2. The third-order valence-corrected chi connectivity index (χ3v) is 5.72. The van der Waals surface area contributed by atoms with E-state index in [4.69, 9.17) is 14.2 Å². The van der Waals surface area contributed by atoms with E-state index in [0.717, 1.165) is 0 Å². The first-order valence-electron chi connectivity index (χ1n) is 11.0. The van der Waals surface area contributed by atoms with Crippen molar-refractivity contribution < 1.29 is 28.9 Å². The van der Waals surface area contributed by atoms with Crippen LogP contribution < -0.4 is 19.1 Å². The number of aromatic nitrogens is 1. The minimum atomic E-state index is -0.897. The number of hydrogen-bond donors (Lipinski definition) is 1. The van der Waals surface area contributed by atoms with E-state index in [9.17, 15) is 14.7 Å². The smallest absolute Gasteiger partial charge is 0.301 e. The zero-order valence-electron chi connectivity index (χ0n) is 18.7. The summed E-state index contributed by atoms with van der Waals surface area (Å²) in [5, 5.41) is 11.3. The van der Waals surface area contributed by atoms with Crippen LogP contribution in [-0.2, 0) is 9.59 Å². The Balaban J connectivity index is 1.64. The minimum Gasteiger partial charge on any atom is -0.507 e. The molecule has 1 amide bonds. The van der Waals surface area contributed by atoms with Crippen LogP contribution in [0.2, 0.25) is 0 Å². The van der Waals surface area contributed by atoms with Crippen LogP contribution >= 0.6 is 0 Å². The highest BCUT2D eigenvalue weighted by Crippen LogP contribution is 2.43. The number of amides is 1. The second kappa shape index (κ2) is 9.34. The van der Waals surface area contributed by atoms with Crippen LogP contribution in [0.5, 0.6) is 17.2 Å². The molecule has 3 heterocycles. The van der Waals surface area contributed by atoms with Crippen LogP contribution in [0.3, 0.4) is 0 Å². The van der Waals surface area contributed by atoms with Gasteiger partial charge in [-0.05, 0) is 48.0 Å². The number of rotatable bonds is 6. The summed E-state index contributed by atoms with van der Waals surface area (Å²) in [6, 6.07) is 16.1. The van der Waals surface area contributed by atoms with Crippen molar-refractivity contribution >= 4 is 23.3 Å². The van der Waals surface area contributed by atoms with Gasteiger partial charge in [0, 0.05) is 11.8 Å². The molecule has 2 aliphatic rings. The average Bonchev–Trinajstić information content (AvgIpc) is 3.17. The van der Waals surface area contributed by atoms with Gasteiger partial charge in [-0.2, -0.15) is 0 Å². The number of anilines is 1. The van der Waals surface area contributed by atoms with Gasteiger partial charge in [0.2, 0.25) is 0 Å². The lowest BCUT2D eigenvalue weighted by Gasteiger charge is -2.24. The molecule has 1 saturated heterocycles. The van der Waals surface area contributed by atoms with Crippen molar-refractivity contribution in [3.05, 3.63) is 96.2 Å². The molecular formula is C27H22N2O6. The predicted molar refractivity (Wildman–Crippen MR) is 129 cm³/mol. The van der Waals surface area contributed by atoms with Crippen molar-refractivity contribution in [3.63, 3.8) is 0 Å². The van der Waals surface area contributed by atoms with Crippen LogP contribution in [0.4, 0.5) is 5.82 Å². The van der Waals surface area contributed by atoms with Gasteiger partial charge in [-0.25, -0.2) is 4.98 Å². The van der Waals surface area contributed by atoms with E-state index in [1.807, 2.05) is 0 Å². The van der Waals surface area contributed by atoms with Crippen molar-refractivity contribution in [1.82, 2.24) is 4.98 Å². The first kappa shape index (κ1) is 22.2. The Bertz CT molecular complexity index is 1320. The summed E-state index contributed by atoms with van der Waals surface area (Å²) < 4.78 is 16.7. The fraction of sp³-hybridized carbons (Fsp3) is 0.148. The van der Waals surface area contributed by atoms with Crippen molar-refractivity contribution in [2.75, 3.05) is 24.7 Å². The molecule has 0 spiro atoms. The first-order valence-corrected chi connectivity index (χ1v) is 11.0. The molecule has 5 rings (SSSR count). The summed E-state index contributed by atoms with van der Waals surface area (Å²) in [6.45, 7) is 4.79. The Morgan fingerprint density at radius 1 is 1.09 bits per heavy atom. The number of nitrogens with zero attached hydrogens (tertiary/aromatic N) is 2. The maximum atomic E-state index is 13.3. The van der Waals surface area contributed by atoms with E-state index in [0.29, 0.717) is 54.0 Å². The molecule has 0 saturated carbocycles. The summed E-state index contributed by atoms with van der Waals surface area (Å²) in [4.78, 5) is 32.0. The maximum absolute atomic E-state index is 13.3. The second-order valence-corrected chi connectivity index (χ2v) is 7.88. The molecule has 1 atom stereocenters. The van der Waals surface area contributed by atoms with Crippen molar-refractivity contribution in [1.29, 1.82) is 0 Å². The zero-order chi connectivity index (χ0) is 24.4. The van der Waals surface area contributed by atoms with Crippen LogP contribution in [0.25, 0.3) is 5.76 Å². The number of pyridine rings is 1. The van der Waals surface area contributed by atoms with Crippen LogP contribution in [0.1, 0.15) is 17.2 Å². The number of Topliss-reactive ketones (excluding diaryl/α,β-unsaturated/α-hetero) is 1.